The van der Waals surface area contributed by atoms with E-state index >= 15 is 0 Å². The molecule has 5 heteroatoms. The van der Waals surface area contributed by atoms with Crippen LogP contribution in [0.1, 0.15) is 49.4 Å². The minimum Gasteiger partial charge on any atom is -0.493 e. The molecule has 0 aromatic heterocycles. The number of piperidine rings is 1. The summed E-state index contributed by atoms with van der Waals surface area (Å²) >= 11 is 0. The van der Waals surface area contributed by atoms with Gasteiger partial charge in [0.05, 0.1) is 6.61 Å². The molecule has 2 atom stereocenters. The number of carbonyl (C=O) groups excluding carboxylic acids is 1. The molecule has 1 aromatic carbocycles. The maximum Gasteiger partial charge on any atom is 0.254 e. The van der Waals surface area contributed by atoms with Gasteiger partial charge in [0, 0.05) is 24.2 Å². The zero-order valence-corrected chi connectivity index (χ0v) is 14.6. The number of carbonyl (C=O) groups is 1. The molecule has 0 spiro atoms. The van der Waals surface area contributed by atoms with Gasteiger partial charge in [-0.3, -0.25) is 4.79 Å². The van der Waals surface area contributed by atoms with E-state index in [9.17, 15) is 4.79 Å². The van der Waals surface area contributed by atoms with Crippen LogP contribution >= 0.6 is 12.4 Å². The van der Waals surface area contributed by atoms with Crippen LogP contribution in [0.3, 0.4) is 0 Å². The van der Waals surface area contributed by atoms with Crippen LogP contribution in [0.4, 0.5) is 0 Å². The molecule has 0 bridgehead atoms. The normalized spacial score (nSPS) is 22.2. The van der Waals surface area contributed by atoms with Crippen LogP contribution in [0, 0.1) is 5.92 Å². The maximum atomic E-state index is 12.7. The maximum absolute atomic E-state index is 12.7. The molecule has 1 aliphatic carbocycles. The predicted octanol–water partition coefficient (Wildman–Crippen LogP) is 3.24. The van der Waals surface area contributed by atoms with Crippen LogP contribution in [0.2, 0.25) is 0 Å². The van der Waals surface area contributed by atoms with Crippen molar-refractivity contribution in [2.75, 3.05) is 13.2 Å². The third-order valence-corrected chi connectivity index (χ3v) is 4.70. The second-order valence-corrected chi connectivity index (χ2v) is 6.70. The summed E-state index contributed by atoms with van der Waals surface area (Å²) in [6.45, 7) is 3.60. The van der Waals surface area contributed by atoms with Crippen LogP contribution in [0.15, 0.2) is 24.3 Å². The fraction of sp³-hybridized carbons (Fsp3) is 0.611. The highest BCUT2D eigenvalue weighted by Crippen LogP contribution is 2.29. The lowest BCUT2D eigenvalue weighted by molar-refractivity contribution is 0.0584. The van der Waals surface area contributed by atoms with E-state index in [0.717, 1.165) is 49.6 Å². The van der Waals surface area contributed by atoms with Crippen molar-refractivity contribution < 1.29 is 9.53 Å². The molecule has 1 aliphatic heterocycles. The number of rotatable bonds is 5. The first kappa shape index (κ1) is 18.1. The van der Waals surface area contributed by atoms with Crippen molar-refractivity contribution in [1.29, 1.82) is 0 Å². The Morgan fingerprint density at radius 1 is 1.26 bits per heavy atom. The van der Waals surface area contributed by atoms with Crippen molar-refractivity contribution >= 4 is 18.3 Å². The highest BCUT2D eigenvalue weighted by Gasteiger charge is 2.29. The SMILES string of the molecule is CC(N)C1CCCCN1C(=O)c1ccc(OCC2CC2)cc1.Cl. The third kappa shape index (κ3) is 4.61. The summed E-state index contributed by atoms with van der Waals surface area (Å²) in [7, 11) is 0. The number of nitrogens with two attached hydrogens (primary N) is 1. The largest absolute Gasteiger partial charge is 0.493 e. The van der Waals surface area contributed by atoms with Gasteiger partial charge in [-0.15, -0.1) is 12.4 Å². The van der Waals surface area contributed by atoms with Crippen molar-refractivity contribution in [3.8, 4) is 5.75 Å². The molecule has 128 valence electrons. The molecule has 2 N–H and O–H groups in total. The van der Waals surface area contributed by atoms with Crippen LogP contribution in [-0.4, -0.2) is 36.0 Å². The molecule has 1 aromatic rings. The van der Waals surface area contributed by atoms with Gasteiger partial charge in [0.1, 0.15) is 5.75 Å². The number of hydrogen-bond donors (Lipinski definition) is 1. The van der Waals surface area contributed by atoms with Gasteiger partial charge in [-0.25, -0.2) is 0 Å². The smallest absolute Gasteiger partial charge is 0.254 e. The molecule has 1 saturated carbocycles. The average Bonchev–Trinajstić information content (AvgIpc) is 3.37. The van der Waals surface area contributed by atoms with E-state index in [-0.39, 0.29) is 30.4 Å². The van der Waals surface area contributed by atoms with Crippen LogP contribution in [0.25, 0.3) is 0 Å². The van der Waals surface area contributed by atoms with E-state index in [4.69, 9.17) is 10.5 Å². The number of halogens is 1. The zero-order valence-electron chi connectivity index (χ0n) is 13.7. The summed E-state index contributed by atoms with van der Waals surface area (Å²) < 4.78 is 5.72. The van der Waals surface area contributed by atoms with Crippen molar-refractivity contribution in [2.24, 2.45) is 11.7 Å². The second-order valence-electron chi connectivity index (χ2n) is 6.70. The predicted molar refractivity (Wildman–Crippen MR) is 94.2 cm³/mol. The van der Waals surface area contributed by atoms with Gasteiger partial charge in [0.25, 0.3) is 5.91 Å². The number of nitrogens with zero attached hydrogens (tertiary/aromatic N) is 1. The van der Waals surface area contributed by atoms with Crippen molar-refractivity contribution in [3.63, 3.8) is 0 Å². The Hall–Kier alpha value is -1.26. The van der Waals surface area contributed by atoms with Crippen molar-refractivity contribution in [3.05, 3.63) is 29.8 Å². The molecule has 2 unspecified atom stereocenters. The Kier molecular flexibility index (Phi) is 6.31. The molecule has 1 saturated heterocycles. The third-order valence-electron chi connectivity index (χ3n) is 4.70. The lowest BCUT2D eigenvalue weighted by Crippen LogP contribution is -2.51. The van der Waals surface area contributed by atoms with E-state index < -0.39 is 0 Å². The first-order valence-corrected chi connectivity index (χ1v) is 8.44. The van der Waals surface area contributed by atoms with Gasteiger partial charge in [0.2, 0.25) is 0 Å². The summed E-state index contributed by atoms with van der Waals surface area (Å²) in [6, 6.07) is 7.73. The molecular formula is C18H27ClN2O2. The summed E-state index contributed by atoms with van der Waals surface area (Å²) in [5.74, 6) is 1.68. The Morgan fingerprint density at radius 3 is 2.57 bits per heavy atom. The van der Waals surface area contributed by atoms with E-state index in [1.165, 1.54) is 12.8 Å². The quantitative estimate of drug-likeness (QED) is 0.896. The minimum atomic E-state index is 0. The zero-order chi connectivity index (χ0) is 15.5. The topological polar surface area (TPSA) is 55.6 Å². The first-order valence-electron chi connectivity index (χ1n) is 8.44. The Bertz CT molecular complexity index is 514. The summed E-state index contributed by atoms with van der Waals surface area (Å²) in [4.78, 5) is 14.7. The van der Waals surface area contributed by atoms with E-state index in [2.05, 4.69) is 0 Å². The standard InChI is InChI=1S/C18H26N2O2.ClH/c1-13(19)17-4-2-3-11-20(17)18(21)15-7-9-16(10-8-15)22-12-14-5-6-14;/h7-10,13-14,17H,2-6,11-12,19H2,1H3;1H. The van der Waals surface area contributed by atoms with Gasteiger partial charge in [-0.2, -0.15) is 0 Å². The fourth-order valence-electron chi connectivity index (χ4n) is 3.11. The Morgan fingerprint density at radius 2 is 1.96 bits per heavy atom. The molecule has 2 fully saturated rings. The van der Waals surface area contributed by atoms with Crippen LogP contribution < -0.4 is 10.5 Å². The highest BCUT2D eigenvalue weighted by molar-refractivity contribution is 5.94. The fourth-order valence-corrected chi connectivity index (χ4v) is 3.11. The first-order chi connectivity index (χ1) is 10.6. The van der Waals surface area contributed by atoms with E-state index in [1.807, 2.05) is 36.1 Å². The number of amides is 1. The molecule has 3 rings (SSSR count). The average molecular weight is 339 g/mol. The number of likely N-dealkylation sites (tertiary alicyclic amines) is 1. The van der Waals surface area contributed by atoms with Crippen LogP contribution in [0.5, 0.6) is 5.75 Å². The van der Waals surface area contributed by atoms with Gasteiger partial charge >= 0.3 is 0 Å². The Balaban J connectivity index is 0.00000192. The van der Waals surface area contributed by atoms with Gasteiger partial charge in [0.15, 0.2) is 0 Å². The summed E-state index contributed by atoms with van der Waals surface area (Å²) in [5.41, 5.74) is 6.79. The summed E-state index contributed by atoms with van der Waals surface area (Å²) in [5, 5.41) is 0. The monoisotopic (exact) mass is 338 g/mol. The molecular weight excluding hydrogens is 312 g/mol. The molecule has 1 amide bonds. The molecule has 4 nitrogen and oxygen atoms in total. The van der Waals surface area contributed by atoms with Gasteiger partial charge in [-0.05, 0) is 69.2 Å². The Labute approximate surface area is 144 Å². The minimum absolute atomic E-state index is 0. The number of ether oxygens (including phenoxy) is 1. The molecule has 23 heavy (non-hydrogen) atoms. The molecule has 2 aliphatic rings. The van der Waals surface area contributed by atoms with Gasteiger partial charge in [-0.1, -0.05) is 0 Å². The van der Waals surface area contributed by atoms with E-state index in [1.54, 1.807) is 0 Å². The molecule has 1 heterocycles. The van der Waals surface area contributed by atoms with Crippen LogP contribution in [-0.2, 0) is 0 Å². The number of benzene rings is 1. The molecule has 0 radical (unpaired) electrons. The summed E-state index contributed by atoms with van der Waals surface area (Å²) in [6.07, 6.45) is 5.79. The second kappa shape index (κ2) is 8.02. The van der Waals surface area contributed by atoms with E-state index in [0.29, 0.717) is 0 Å². The lowest BCUT2D eigenvalue weighted by Gasteiger charge is -2.38. The van der Waals surface area contributed by atoms with Crippen molar-refractivity contribution in [1.82, 2.24) is 4.90 Å². The lowest BCUT2D eigenvalue weighted by atomic mass is 9.96. The van der Waals surface area contributed by atoms with Crippen molar-refractivity contribution in [2.45, 2.75) is 51.1 Å². The van der Waals surface area contributed by atoms with Gasteiger partial charge < -0.3 is 15.4 Å². The number of hydrogen-bond acceptors (Lipinski definition) is 3. The highest BCUT2D eigenvalue weighted by atomic mass is 35.5.